The van der Waals surface area contributed by atoms with E-state index in [4.69, 9.17) is 4.74 Å². The first-order valence-corrected chi connectivity index (χ1v) is 9.04. The molecule has 0 fully saturated rings. The van der Waals surface area contributed by atoms with Crippen molar-refractivity contribution in [3.63, 3.8) is 0 Å². The average Bonchev–Trinajstić information content (AvgIpc) is 2.45. The molecule has 0 amide bonds. The van der Waals surface area contributed by atoms with Crippen molar-refractivity contribution in [2.24, 2.45) is 0 Å². The van der Waals surface area contributed by atoms with Crippen LogP contribution in [0.2, 0.25) is 0 Å². The van der Waals surface area contributed by atoms with Crippen LogP contribution in [0.1, 0.15) is 5.56 Å². The number of benzene rings is 2. The Morgan fingerprint density at radius 1 is 1.19 bits per heavy atom. The van der Waals surface area contributed by atoms with Gasteiger partial charge < -0.3 is 9.84 Å². The molecular weight excluding hydrogens is 416 g/mol. The molecule has 0 saturated heterocycles. The molecule has 0 aliphatic rings. The van der Waals surface area contributed by atoms with Gasteiger partial charge in [0.15, 0.2) is 0 Å². The van der Waals surface area contributed by atoms with Crippen LogP contribution in [0.5, 0.6) is 5.75 Å². The maximum atomic E-state index is 10.2. The van der Waals surface area contributed by atoms with Crippen LogP contribution in [-0.2, 0) is 6.42 Å². The Kier molecular flexibility index (Phi) is 6.61. The standard InChI is InChI=1S/C16H16Br2O2S/c1-20-16-6-5-11(8-15(16)18)7-13(19)10-21-14-4-2-3-12(17)9-14/h2-6,8-9,13,19H,7,10H2,1H3. The van der Waals surface area contributed by atoms with Gasteiger partial charge in [0.25, 0.3) is 0 Å². The molecular formula is C16H16Br2O2S. The fraction of sp³-hybridized carbons (Fsp3) is 0.250. The molecule has 1 atom stereocenters. The molecule has 5 heteroatoms. The lowest BCUT2D eigenvalue weighted by Gasteiger charge is -2.12. The lowest BCUT2D eigenvalue weighted by molar-refractivity contribution is 0.200. The Hall–Kier alpha value is -0.490. The summed E-state index contributed by atoms with van der Waals surface area (Å²) in [6.45, 7) is 0. The van der Waals surface area contributed by atoms with E-state index in [0.717, 1.165) is 25.2 Å². The second-order valence-corrected chi connectivity index (χ2v) is 7.46. The smallest absolute Gasteiger partial charge is 0.133 e. The monoisotopic (exact) mass is 430 g/mol. The highest BCUT2D eigenvalue weighted by atomic mass is 79.9. The SMILES string of the molecule is COc1ccc(CC(O)CSc2cccc(Br)c2)cc1Br. The summed E-state index contributed by atoms with van der Waals surface area (Å²) in [5.41, 5.74) is 1.09. The molecule has 2 rings (SSSR count). The van der Waals surface area contributed by atoms with Gasteiger partial charge >= 0.3 is 0 Å². The quantitative estimate of drug-likeness (QED) is 0.658. The Labute approximate surface area is 146 Å². The zero-order valence-electron chi connectivity index (χ0n) is 11.6. The van der Waals surface area contributed by atoms with Crippen LogP contribution in [0.25, 0.3) is 0 Å². The van der Waals surface area contributed by atoms with Gasteiger partial charge in [0.2, 0.25) is 0 Å². The third-order valence-electron chi connectivity index (χ3n) is 2.93. The first kappa shape index (κ1) is 16.9. The fourth-order valence-corrected chi connectivity index (χ4v) is 3.94. The lowest BCUT2D eigenvalue weighted by atomic mass is 10.1. The molecule has 0 radical (unpaired) electrons. The van der Waals surface area contributed by atoms with E-state index in [1.165, 1.54) is 0 Å². The molecule has 112 valence electrons. The minimum atomic E-state index is -0.380. The Bertz CT molecular complexity index is 605. The lowest BCUT2D eigenvalue weighted by Crippen LogP contribution is -2.13. The van der Waals surface area contributed by atoms with Crippen molar-refractivity contribution < 1.29 is 9.84 Å². The molecule has 2 aromatic carbocycles. The molecule has 1 N–H and O–H groups in total. The number of thioether (sulfide) groups is 1. The highest BCUT2D eigenvalue weighted by Gasteiger charge is 2.09. The predicted octanol–water partition coefficient (Wildman–Crippen LogP) is 4.92. The minimum Gasteiger partial charge on any atom is -0.496 e. The summed E-state index contributed by atoms with van der Waals surface area (Å²) in [5.74, 6) is 1.47. The van der Waals surface area contributed by atoms with Gasteiger partial charge in [-0.15, -0.1) is 11.8 Å². The third kappa shape index (κ3) is 5.33. The topological polar surface area (TPSA) is 29.5 Å². The molecule has 0 saturated carbocycles. The summed E-state index contributed by atoms with van der Waals surface area (Å²) < 4.78 is 7.17. The van der Waals surface area contributed by atoms with Crippen LogP contribution in [0.15, 0.2) is 56.3 Å². The van der Waals surface area contributed by atoms with E-state index in [1.54, 1.807) is 18.9 Å². The zero-order chi connectivity index (χ0) is 15.2. The molecule has 1 unspecified atom stereocenters. The molecule has 2 aromatic rings. The van der Waals surface area contributed by atoms with E-state index in [1.807, 2.05) is 36.4 Å². The van der Waals surface area contributed by atoms with Crippen LogP contribution in [-0.4, -0.2) is 24.1 Å². The normalized spacial score (nSPS) is 12.2. The van der Waals surface area contributed by atoms with Crippen LogP contribution in [0.4, 0.5) is 0 Å². The predicted molar refractivity (Wildman–Crippen MR) is 95.3 cm³/mol. The molecule has 0 aliphatic heterocycles. The molecule has 21 heavy (non-hydrogen) atoms. The summed E-state index contributed by atoms with van der Waals surface area (Å²) in [4.78, 5) is 1.15. The van der Waals surface area contributed by atoms with Gasteiger partial charge in [0.1, 0.15) is 5.75 Å². The highest BCUT2D eigenvalue weighted by Crippen LogP contribution is 2.27. The van der Waals surface area contributed by atoms with E-state index in [9.17, 15) is 5.11 Å². The number of methoxy groups -OCH3 is 1. The van der Waals surface area contributed by atoms with Crippen molar-refractivity contribution in [3.05, 3.63) is 57.0 Å². The van der Waals surface area contributed by atoms with Crippen LogP contribution in [0, 0.1) is 0 Å². The number of rotatable bonds is 6. The first-order valence-electron chi connectivity index (χ1n) is 6.47. The number of aliphatic hydroxyl groups excluding tert-OH is 1. The maximum Gasteiger partial charge on any atom is 0.133 e. The summed E-state index contributed by atoms with van der Waals surface area (Å²) in [5, 5.41) is 10.2. The Morgan fingerprint density at radius 2 is 2.00 bits per heavy atom. The first-order chi connectivity index (χ1) is 10.1. The van der Waals surface area contributed by atoms with Crippen LogP contribution in [0.3, 0.4) is 0 Å². The number of ether oxygens (including phenoxy) is 1. The number of hydrogen-bond acceptors (Lipinski definition) is 3. The van der Waals surface area contributed by atoms with E-state index in [0.29, 0.717) is 12.2 Å². The van der Waals surface area contributed by atoms with Crippen LogP contribution < -0.4 is 4.74 Å². The van der Waals surface area contributed by atoms with E-state index in [2.05, 4.69) is 37.9 Å². The van der Waals surface area contributed by atoms with Crippen molar-refractivity contribution in [1.29, 1.82) is 0 Å². The van der Waals surface area contributed by atoms with Crippen LogP contribution >= 0.6 is 43.6 Å². The molecule has 0 heterocycles. The number of hydrogen-bond donors (Lipinski definition) is 1. The fourth-order valence-electron chi connectivity index (χ4n) is 1.92. The van der Waals surface area contributed by atoms with Crippen molar-refractivity contribution in [2.45, 2.75) is 17.4 Å². The Morgan fingerprint density at radius 3 is 2.67 bits per heavy atom. The van der Waals surface area contributed by atoms with Crippen molar-refractivity contribution in [1.82, 2.24) is 0 Å². The van der Waals surface area contributed by atoms with Gasteiger partial charge in [0.05, 0.1) is 17.7 Å². The van der Waals surface area contributed by atoms with Crippen molar-refractivity contribution in [2.75, 3.05) is 12.9 Å². The van der Waals surface area contributed by atoms with Gasteiger partial charge in [-0.3, -0.25) is 0 Å². The second-order valence-electron chi connectivity index (χ2n) is 4.60. The number of aliphatic hydroxyl groups is 1. The third-order valence-corrected chi connectivity index (χ3v) is 5.18. The van der Waals surface area contributed by atoms with Gasteiger partial charge in [-0.1, -0.05) is 28.1 Å². The van der Waals surface area contributed by atoms with Gasteiger partial charge in [-0.05, 0) is 58.2 Å². The second kappa shape index (κ2) is 8.22. The largest absolute Gasteiger partial charge is 0.496 e. The number of halogens is 2. The minimum absolute atomic E-state index is 0.380. The van der Waals surface area contributed by atoms with Crippen molar-refractivity contribution >= 4 is 43.6 Å². The van der Waals surface area contributed by atoms with Crippen molar-refractivity contribution in [3.8, 4) is 5.75 Å². The summed E-state index contributed by atoms with van der Waals surface area (Å²) in [6.07, 6.45) is 0.248. The van der Waals surface area contributed by atoms with Gasteiger partial charge in [0, 0.05) is 15.1 Å². The van der Waals surface area contributed by atoms with E-state index >= 15 is 0 Å². The molecule has 0 aliphatic carbocycles. The molecule has 0 bridgehead atoms. The maximum absolute atomic E-state index is 10.2. The molecule has 0 aromatic heterocycles. The van der Waals surface area contributed by atoms with E-state index in [-0.39, 0.29) is 6.10 Å². The summed E-state index contributed by atoms with van der Waals surface area (Å²) in [7, 11) is 1.64. The van der Waals surface area contributed by atoms with Gasteiger partial charge in [-0.25, -0.2) is 0 Å². The highest BCUT2D eigenvalue weighted by molar-refractivity contribution is 9.10. The average molecular weight is 432 g/mol. The van der Waals surface area contributed by atoms with E-state index < -0.39 is 0 Å². The zero-order valence-corrected chi connectivity index (χ0v) is 15.5. The molecule has 0 spiro atoms. The summed E-state index contributed by atoms with van der Waals surface area (Å²) >= 11 is 8.57. The summed E-state index contributed by atoms with van der Waals surface area (Å²) in [6, 6.07) is 14.0. The van der Waals surface area contributed by atoms with Gasteiger partial charge in [-0.2, -0.15) is 0 Å². The Balaban J connectivity index is 1.89. The molecule has 2 nitrogen and oxygen atoms in total.